The second-order valence-electron chi connectivity index (χ2n) is 5.47. The van der Waals surface area contributed by atoms with Crippen molar-refractivity contribution in [2.24, 2.45) is 0 Å². The molecule has 100 valence electrons. The number of hydrogen-bond donors (Lipinski definition) is 1. The lowest BCUT2D eigenvalue weighted by Gasteiger charge is -2.25. The Labute approximate surface area is 112 Å². The molecule has 1 unspecified atom stereocenters. The highest BCUT2D eigenvalue weighted by molar-refractivity contribution is 5.78. The second-order valence-corrected chi connectivity index (χ2v) is 5.47. The molecular formula is C15H17NO3. The molecule has 2 aliphatic carbocycles. The standard InChI is InChI=1S/C15H17NO3/c17-9-16(13-6-7-13)14(15(18)19)12-3-1-2-11(8-12)10-4-5-10/h1-3,8-10,13-14H,4-7H2,(H,18,19). The van der Waals surface area contributed by atoms with E-state index in [1.165, 1.54) is 23.3 Å². The summed E-state index contributed by atoms with van der Waals surface area (Å²) >= 11 is 0. The summed E-state index contributed by atoms with van der Waals surface area (Å²) in [6, 6.07) is 6.96. The number of hydrogen-bond acceptors (Lipinski definition) is 2. The van der Waals surface area contributed by atoms with Crippen LogP contribution in [-0.2, 0) is 9.59 Å². The van der Waals surface area contributed by atoms with Crippen molar-refractivity contribution in [2.45, 2.75) is 43.7 Å². The Balaban J connectivity index is 1.92. The fraction of sp³-hybridized carbons (Fsp3) is 0.467. The van der Waals surface area contributed by atoms with Crippen LogP contribution in [0.1, 0.15) is 48.8 Å². The number of amides is 1. The molecule has 1 amide bonds. The Morgan fingerprint density at radius 1 is 1.32 bits per heavy atom. The summed E-state index contributed by atoms with van der Waals surface area (Å²) in [5.74, 6) is -0.369. The summed E-state index contributed by atoms with van der Waals surface area (Å²) in [5, 5.41) is 9.45. The minimum Gasteiger partial charge on any atom is -0.479 e. The Morgan fingerprint density at radius 2 is 2.05 bits per heavy atom. The van der Waals surface area contributed by atoms with Crippen molar-refractivity contribution in [1.82, 2.24) is 4.90 Å². The minimum atomic E-state index is -0.952. The average Bonchev–Trinajstić information content (AvgIpc) is 3.29. The van der Waals surface area contributed by atoms with Gasteiger partial charge < -0.3 is 10.0 Å². The Bertz CT molecular complexity index is 506. The van der Waals surface area contributed by atoms with Gasteiger partial charge in [0.25, 0.3) is 0 Å². The van der Waals surface area contributed by atoms with Gasteiger partial charge in [-0.3, -0.25) is 4.79 Å². The third kappa shape index (κ3) is 2.48. The van der Waals surface area contributed by atoms with Crippen molar-refractivity contribution in [2.75, 3.05) is 0 Å². The first kappa shape index (κ1) is 12.2. The molecule has 4 nitrogen and oxygen atoms in total. The Kier molecular flexibility index (Phi) is 3.01. The maximum atomic E-state index is 11.5. The van der Waals surface area contributed by atoms with Crippen LogP contribution in [0.4, 0.5) is 0 Å². The number of benzene rings is 1. The van der Waals surface area contributed by atoms with Gasteiger partial charge in [-0.2, -0.15) is 0 Å². The summed E-state index contributed by atoms with van der Waals surface area (Å²) in [7, 11) is 0. The fourth-order valence-corrected chi connectivity index (χ4v) is 2.57. The molecule has 0 saturated heterocycles. The molecule has 0 heterocycles. The van der Waals surface area contributed by atoms with Crippen LogP contribution in [0, 0.1) is 0 Å². The molecule has 0 aromatic heterocycles. The van der Waals surface area contributed by atoms with Crippen LogP contribution >= 0.6 is 0 Å². The molecule has 0 radical (unpaired) electrons. The van der Waals surface area contributed by atoms with E-state index in [4.69, 9.17) is 0 Å². The van der Waals surface area contributed by atoms with E-state index in [2.05, 4.69) is 0 Å². The van der Waals surface area contributed by atoms with E-state index in [0.717, 1.165) is 18.4 Å². The van der Waals surface area contributed by atoms with Crippen molar-refractivity contribution in [3.8, 4) is 0 Å². The van der Waals surface area contributed by atoms with Crippen molar-refractivity contribution < 1.29 is 14.7 Å². The first-order chi connectivity index (χ1) is 9.20. The van der Waals surface area contributed by atoms with Crippen molar-refractivity contribution in [3.63, 3.8) is 0 Å². The van der Waals surface area contributed by atoms with E-state index in [-0.39, 0.29) is 6.04 Å². The molecule has 2 fully saturated rings. The van der Waals surface area contributed by atoms with Crippen molar-refractivity contribution in [1.29, 1.82) is 0 Å². The van der Waals surface area contributed by atoms with E-state index in [0.29, 0.717) is 12.3 Å². The molecule has 1 N–H and O–H groups in total. The number of carboxylic acids is 1. The first-order valence-corrected chi connectivity index (χ1v) is 6.76. The first-order valence-electron chi connectivity index (χ1n) is 6.76. The number of carbonyl (C=O) groups excluding carboxylic acids is 1. The van der Waals surface area contributed by atoms with Crippen LogP contribution in [-0.4, -0.2) is 28.4 Å². The van der Waals surface area contributed by atoms with E-state index < -0.39 is 12.0 Å². The van der Waals surface area contributed by atoms with Crippen LogP contribution in [0.3, 0.4) is 0 Å². The fourth-order valence-electron chi connectivity index (χ4n) is 2.57. The normalized spacial score (nSPS) is 19.8. The zero-order valence-electron chi connectivity index (χ0n) is 10.7. The maximum absolute atomic E-state index is 11.5. The summed E-state index contributed by atoms with van der Waals surface area (Å²) in [6.45, 7) is 0. The van der Waals surface area contributed by atoms with Crippen molar-refractivity contribution in [3.05, 3.63) is 35.4 Å². The predicted octanol–water partition coefficient (Wildman–Crippen LogP) is 2.31. The molecule has 19 heavy (non-hydrogen) atoms. The maximum Gasteiger partial charge on any atom is 0.331 e. The third-order valence-corrected chi connectivity index (χ3v) is 3.90. The smallest absolute Gasteiger partial charge is 0.331 e. The molecule has 1 aromatic carbocycles. The summed E-state index contributed by atoms with van der Waals surface area (Å²) < 4.78 is 0. The number of carboxylic acid groups (broad SMARTS) is 1. The highest BCUT2D eigenvalue weighted by Gasteiger charge is 2.37. The molecule has 3 rings (SSSR count). The number of rotatable bonds is 6. The SMILES string of the molecule is O=CN(C1CC1)C(C(=O)O)c1cccc(C2CC2)c1. The molecular weight excluding hydrogens is 242 g/mol. The number of aliphatic carboxylic acids is 1. The van der Waals surface area contributed by atoms with Crippen LogP contribution in [0.2, 0.25) is 0 Å². The highest BCUT2D eigenvalue weighted by Crippen LogP contribution is 2.41. The summed E-state index contributed by atoms with van der Waals surface area (Å²) in [4.78, 5) is 24.2. The molecule has 0 aliphatic heterocycles. The van der Waals surface area contributed by atoms with E-state index >= 15 is 0 Å². The van der Waals surface area contributed by atoms with Crippen molar-refractivity contribution >= 4 is 12.4 Å². The van der Waals surface area contributed by atoms with E-state index in [9.17, 15) is 14.7 Å². The topological polar surface area (TPSA) is 57.6 Å². The number of carbonyl (C=O) groups is 2. The van der Waals surface area contributed by atoms with Gasteiger partial charge in [-0.1, -0.05) is 24.3 Å². The van der Waals surface area contributed by atoms with E-state index in [1.54, 1.807) is 0 Å². The van der Waals surface area contributed by atoms with Crippen LogP contribution in [0.15, 0.2) is 24.3 Å². The average molecular weight is 259 g/mol. The van der Waals surface area contributed by atoms with Gasteiger partial charge in [0.2, 0.25) is 6.41 Å². The van der Waals surface area contributed by atoms with Gasteiger partial charge in [0.15, 0.2) is 6.04 Å². The molecule has 2 saturated carbocycles. The quantitative estimate of drug-likeness (QED) is 0.797. The molecule has 1 aromatic rings. The molecule has 0 spiro atoms. The predicted molar refractivity (Wildman–Crippen MR) is 69.7 cm³/mol. The molecule has 0 bridgehead atoms. The van der Waals surface area contributed by atoms with Gasteiger partial charge in [0.1, 0.15) is 0 Å². The second kappa shape index (κ2) is 4.68. The van der Waals surface area contributed by atoms with Gasteiger partial charge in [-0.15, -0.1) is 0 Å². The zero-order chi connectivity index (χ0) is 13.4. The Morgan fingerprint density at radius 3 is 2.58 bits per heavy atom. The minimum absolute atomic E-state index is 0.100. The van der Waals surface area contributed by atoms with E-state index in [1.807, 2.05) is 24.3 Å². The lowest BCUT2D eigenvalue weighted by molar-refractivity contribution is -0.147. The lowest BCUT2D eigenvalue weighted by Crippen LogP contribution is -2.34. The van der Waals surface area contributed by atoms with Gasteiger partial charge in [0.05, 0.1) is 0 Å². The van der Waals surface area contributed by atoms with Crippen LogP contribution in [0.25, 0.3) is 0 Å². The summed E-state index contributed by atoms with van der Waals surface area (Å²) in [6.07, 6.45) is 4.86. The van der Waals surface area contributed by atoms with Crippen LogP contribution < -0.4 is 0 Å². The number of nitrogens with zero attached hydrogens (tertiary/aromatic N) is 1. The lowest BCUT2D eigenvalue weighted by atomic mass is 10.0. The molecule has 4 heteroatoms. The monoisotopic (exact) mass is 259 g/mol. The third-order valence-electron chi connectivity index (χ3n) is 3.90. The molecule has 1 atom stereocenters. The van der Waals surface area contributed by atoms with Crippen LogP contribution in [0.5, 0.6) is 0 Å². The summed E-state index contributed by atoms with van der Waals surface area (Å²) in [5.41, 5.74) is 1.92. The highest BCUT2D eigenvalue weighted by atomic mass is 16.4. The van der Waals surface area contributed by atoms with Gasteiger partial charge >= 0.3 is 5.97 Å². The zero-order valence-corrected chi connectivity index (χ0v) is 10.7. The van der Waals surface area contributed by atoms with Gasteiger partial charge in [-0.05, 0) is 42.7 Å². The largest absolute Gasteiger partial charge is 0.479 e. The van der Waals surface area contributed by atoms with Gasteiger partial charge in [-0.25, -0.2) is 4.79 Å². The Hall–Kier alpha value is -1.84. The van der Waals surface area contributed by atoms with Gasteiger partial charge in [0, 0.05) is 6.04 Å². The molecule has 2 aliphatic rings.